The Morgan fingerprint density at radius 2 is 2.10 bits per heavy atom. The summed E-state index contributed by atoms with van der Waals surface area (Å²) in [5, 5.41) is 3.40. The lowest BCUT2D eigenvalue weighted by Crippen LogP contribution is -2.32. The molecular formula is C18H23N3. The van der Waals surface area contributed by atoms with Gasteiger partial charge in [0.05, 0.1) is 0 Å². The van der Waals surface area contributed by atoms with Crippen LogP contribution in [-0.4, -0.2) is 17.0 Å². The molecule has 3 nitrogen and oxygen atoms in total. The van der Waals surface area contributed by atoms with Crippen molar-refractivity contribution < 1.29 is 0 Å². The van der Waals surface area contributed by atoms with Gasteiger partial charge in [-0.15, -0.1) is 0 Å². The maximum Gasteiger partial charge on any atom is 0.159 e. The summed E-state index contributed by atoms with van der Waals surface area (Å²) in [6.45, 7) is 6.73. The smallest absolute Gasteiger partial charge is 0.159 e. The van der Waals surface area contributed by atoms with E-state index in [1.54, 1.807) is 0 Å². The summed E-state index contributed by atoms with van der Waals surface area (Å²) in [5.74, 6) is 0.838. The average Bonchev–Trinajstić information content (AvgIpc) is 2.44. The average molecular weight is 281 g/mol. The zero-order valence-corrected chi connectivity index (χ0v) is 13.3. The highest BCUT2D eigenvalue weighted by molar-refractivity contribution is 5.56. The molecule has 0 fully saturated rings. The molecule has 0 bridgehead atoms. The van der Waals surface area contributed by atoms with Crippen LogP contribution in [0.2, 0.25) is 0 Å². The molecule has 0 radical (unpaired) electrons. The van der Waals surface area contributed by atoms with Crippen LogP contribution in [0.3, 0.4) is 0 Å². The van der Waals surface area contributed by atoms with E-state index < -0.39 is 0 Å². The van der Waals surface area contributed by atoms with Crippen LogP contribution < -0.4 is 5.32 Å². The number of aromatic nitrogens is 2. The van der Waals surface area contributed by atoms with Crippen molar-refractivity contribution in [1.82, 2.24) is 15.3 Å². The van der Waals surface area contributed by atoms with Gasteiger partial charge in [0.25, 0.3) is 0 Å². The number of fused-ring (bicyclic) bond motifs is 1. The Hall–Kier alpha value is -1.74. The SMILES string of the molecule is CNC1CC(C)(C)Cc2nc(-c3cccc(C)c3)ncc21. The van der Waals surface area contributed by atoms with Gasteiger partial charge in [-0.1, -0.05) is 37.6 Å². The van der Waals surface area contributed by atoms with Gasteiger partial charge >= 0.3 is 0 Å². The Balaban J connectivity index is 2.05. The molecule has 3 heteroatoms. The van der Waals surface area contributed by atoms with Crippen molar-refractivity contribution in [1.29, 1.82) is 0 Å². The summed E-state index contributed by atoms with van der Waals surface area (Å²) < 4.78 is 0. The Morgan fingerprint density at radius 1 is 1.29 bits per heavy atom. The maximum absolute atomic E-state index is 4.87. The molecule has 1 aromatic heterocycles. The fraction of sp³-hybridized carbons (Fsp3) is 0.444. The molecule has 1 aliphatic rings. The van der Waals surface area contributed by atoms with Crippen LogP contribution >= 0.6 is 0 Å². The zero-order valence-electron chi connectivity index (χ0n) is 13.3. The van der Waals surface area contributed by atoms with Crippen molar-refractivity contribution in [2.45, 2.75) is 39.7 Å². The van der Waals surface area contributed by atoms with Gasteiger partial charge in [-0.3, -0.25) is 0 Å². The van der Waals surface area contributed by atoms with Gasteiger partial charge < -0.3 is 5.32 Å². The summed E-state index contributed by atoms with van der Waals surface area (Å²) in [6.07, 6.45) is 4.15. The summed E-state index contributed by atoms with van der Waals surface area (Å²) in [6, 6.07) is 8.75. The van der Waals surface area contributed by atoms with Crippen LogP contribution in [-0.2, 0) is 6.42 Å². The summed E-state index contributed by atoms with van der Waals surface area (Å²) >= 11 is 0. The summed E-state index contributed by atoms with van der Waals surface area (Å²) in [7, 11) is 2.02. The number of nitrogens with zero attached hydrogens (tertiary/aromatic N) is 2. The second-order valence-electron chi connectivity index (χ2n) is 6.85. The molecule has 1 heterocycles. The van der Waals surface area contributed by atoms with Gasteiger partial charge in [0.15, 0.2) is 5.82 Å². The second-order valence-corrected chi connectivity index (χ2v) is 6.85. The molecule has 1 aromatic carbocycles. The van der Waals surface area contributed by atoms with E-state index in [4.69, 9.17) is 4.98 Å². The minimum Gasteiger partial charge on any atom is -0.313 e. The first-order valence-electron chi connectivity index (χ1n) is 7.59. The minimum atomic E-state index is 0.277. The molecule has 0 saturated carbocycles. The van der Waals surface area contributed by atoms with Crippen molar-refractivity contribution in [2.75, 3.05) is 7.05 Å². The fourth-order valence-corrected chi connectivity index (χ4v) is 3.23. The minimum absolute atomic E-state index is 0.277. The van der Waals surface area contributed by atoms with Gasteiger partial charge in [0.1, 0.15) is 0 Å². The van der Waals surface area contributed by atoms with E-state index >= 15 is 0 Å². The predicted molar refractivity (Wildman–Crippen MR) is 86.1 cm³/mol. The van der Waals surface area contributed by atoms with Crippen molar-refractivity contribution in [3.63, 3.8) is 0 Å². The van der Waals surface area contributed by atoms with Crippen LogP contribution in [0.15, 0.2) is 30.5 Å². The third-order valence-electron chi connectivity index (χ3n) is 4.30. The van der Waals surface area contributed by atoms with Crippen LogP contribution in [0, 0.1) is 12.3 Å². The molecule has 0 spiro atoms. The number of aryl methyl sites for hydroxylation is 1. The maximum atomic E-state index is 4.87. The predicted octanol–water partition coefficient (Wildman–Crippen LogP) is 3.68. The molecule has 1 N–H and O–H groups in total. The standard InChI is InChI=1S/C18H23N3/c1-12-6-5-7-13(8-12)17-20-11-14-15(19-4)9-18(2,3)10-16(14)21-17/h5-8,11,15,19H,9-10H2,1-4H3. The molecule has 1 atom stereocenters. The van der Waals surface area contributed by atoms with Crippen molar-refractivity contribution >= 4 is 0 Å². The van der Waals surface area contributed by atoms with Crippen LogP contribution in [0.25, 0.3) is 11.4 Å². The van der Waals surface area contributed by atoms with E-state index in [0.29, 0.717) is 6.04 Å². The van der Waals surface area contributed by atoms with Gasteiger partial charge in [-0.2, -0.15) is 0 Å². The third-order valence-corrected chi connectivity index (χ3v) is 4.30. The number of nitrogens with one attached hydrogen (secondary N) is 1. The third kappa shape index (κ3) is 2.84. The van der Waals surface area contributed by atoms with E-state index in [1.807, 2.05) is 13.2 Å². The number of benzene rings is 1. The highest BCUT2D eigenvalue weighted by atomic mass is 14.9. The quantitative estimate of drug-likeness (QED) is 0.912. The number of hydrogen-bond acceptors (Lipinski definition) is 3. The van der Waals surface area contributed by atoms with Crippen LogP contribution in [0.1, 0.15) is 43.1 Å². The lowest BCUT2D eigenvalue weighted by molar-refractivity contribution is 0.260. The second kappa shape index (κ2) is 5.23. The molecule has 0 amide bonds. The van der Waals surface area contributed by atoms with Crippen LogP contribution in [0.4, 0.5) is 0 Å². The van der Waals surface area contributed by atoms with E-state index in [0.717, 1.165) is 24.2 Å². The normalized spacial score (nSPS) is 20.1. The monoisotopic (exact) mass is 281 g/mol. The Bertz CT molecular complexity index is 661. The Kier molecular flexibility index (Phi) is 3.54. The van der Waals surface area contributed by atoms with Crippen molar-refractivity contribution in [3.05, 3.63) is 47.3 Å². The molecule has 3 rings (SSSR count). The lowest BCUT2D eigenvalue weighted by Gasteiger charge is -2.36. The molecule has 2 aromatic rings. The Labute approximate surface area is 126 Å². The molecule has 0 aliphatic heterocycles. The molecule has 21 heavy (non-hydrogen) atoms. The highest BCUT2D eigenvalue weighted by Crippen LogP contribution is 2.39. The van der Waals surface area contributed by atoms with Gasteiger partial charge in [0, 0.05) is 29.1 Å². The molecule has 1 unspecified atom stereocenters. The van der Waals surface area contributed by atoms with Crippen molar-refractivity contribution in [3.8, 4) is 11.4 Å². The molecular weight excluding hydrogens is 258 g/mol. The Morgan fingerprint density at radius 3 is 2.81 bits per heavy atom. The first-order chi connectivity index (χ1) is 9.98. The van der Waals surface area contributed by atoms with Crippen LogP contribution in [0.5, 0.6) is 0 Å². The molecule has 110 valence electrons. The topological polar surface area (TPSA) is 37.8 Å². The number of hydrogen-bond donors (Lipinski definition) is 1. The highest BCUT2D eigenvalue weighted by Gasteiger charge is 2.32. The van der Waals surface area contributed by atoms with E-state index in [9.17, 15) is 0 Å². The lowest BCUT2D eigenvalue weighted by atomic mass is 9.74. The van der Waals surface area contributed by atoms with Gasteiger partial charge in [-0.05, 0) is 38.3 Å². The first-order valence-corrected chi connectivity index (χ1v) is 7.59. The largest absolute Gasteiger partial charge is 0.313 e. The van der Waals surface area contributed by atoms with E-state index in [2.05, 4.69) is 55.3 Å². The molecule has 0 saturated heterocycles. The van der Waals surface area contributed by atoms with Gasteiger partial charge in [0.2, 0.25) is 0 Å². The van der Waals surface area contributed by atoms with E-state index in [1.165, 1.54) is 16.8 Å². The summed E-state index contributed by atoms with van der Waals surface area (Å²) in [4.78, 5) is 9.47. The zero-order chi connectivity index (χ0) is 15.0. The van der Waals surface area contributed by atoms with Crippen molar-refractivity contribution in [2.24, 2.45) is 5.41 Å². The molecule has 1 aliphatic carbocycles. The summed E-state index contributed by atoms with van der Waals surface area (Å²) in [5.41, 5.74) is 5.06. The van der Waals surface area contributed by atoms with E-state index in [-0.39, 0.29) is 5.41 Å². The van der Waals surface area contributed by atoms with Gasteiger partial charge in [-0.25, -0.2) is 9.97 Å². The number of rotatable bonds is 2. The fourth-order valence-electron chi connectivity index (χ4n) is 3.23. The first kappa shape index (κ1) is 14.2.